The first-order valence-electron chi connectivity index (χ1n) is 7.10. The highest BCUT2D eigenvalue weighted by Crippen LogP contribution is 2.25. The Bertz CT molecular complexity index is 875. The second kappa shape index (κ2) is 6.29. The van der Waals surface area contributed by atoms with Crippen LogP contribution in [-0.4, -0.2) is 29.2 Å². The SMILES string of the molecule is C=CCN1C(=O)c2ccc(C(=O)Oc3cccc(Cl)c3)cc2C1=O. The fraction of sp³-hybridized carbons (Fsp3) is 0.0556. The number of carbonyl (C=O) groups is 3. The number of hydrogen-bond acceptors (Lipinski definition) is 4. The summed E-state index contributed by atoms with van der Waals surface area (Å²) in [5, 5.41) is 0.440. The maximum atomic E-state index is 12.3. The van der Waals surface area contributed by atoms with Crippen LogP contribution in [0.4, 0.5) is 0 Å². The normalized spacial score (nSPS) is 13.0. The Kier molecular flexibility index (Phi) is 4.18. The average Bonchev–Trinajstić information content (AvgIpc) is 2.80. The first-order chi connectivity index (χ1) is 11.5. The van der Waals surface area contributed by atoms with Crippen LogP contribution in [0.2, 0.25) is 5.02 Å². The third-order valence-corrected chi connectivity index (χ3v) is 3.76. The first-order valence-corrected chi connectivity index (χ1v) is 7.48. The molecule has 0 saturated carbocycles. The van der Waals surface area contributed by atoms with Crippen molar-refractivity contribution in [1.29, 1.82) is 0 Å². The molecule has 0 spiro atoms. The van der Waals surface area contributed by atoms with Gasteiger partial charge in [0.05, 0.1) is 16.7 Å². The number of fused-ring (bicyclic) bond motifs is 1. The molecule has 2 aromatic carbocycles. The summed E-state index contributed by atoms with van der Waals surface area (Å²) in [7, 11) is 0. The Hall–Kier alpha value is -2.92. The minimum atomic E-state index is -0.637. The highest BCUT2D eigenvalue weighted by molar-refractivity contribution is 6.30. The summed E-state index contributed by atoms with van der Waals surface area (Å²) in [6.07, 6.45) is 1.47. The van der Waals surface area contributed by atoms with Crippen LogP contribution in [0.25, 0.3) is 0 Å². The van der Waals surface area contributed by atoms with E-state index in [-0.39, 0.29) is 23.2 Å². The van der Waals surface area contributed by atoms with Gasteiger partial charge in [-0.15, -0.1) is 6.58 Å². The van der Waals surface area contributed by atoms with Crippen molar-refractivity contribution in [3.63, 3.8) is 0 Å². The van der Waals surface area contributed by atoms with E-state index in [1.54, 1.807) is 18.2 Å². The van der Waals surface area contributed by atoms with Crippen molar-refractivity contribution in [2.75, 3.05) is 6.54 Å². The Morgan fingerprint density at radius 2 is 1.88 bits per heavy atom. The summed E-state index contributed by atoms with van der Waals surface area (Å²) in [5.41, 5.74) is 0.624. The van der Waals surface area contributed by atoms with Crippen LogP contribution >= 0.6 is 11.6 Å². The van der Waals surface area contributed by atoms with E-state index in [1.165, 1.54) is 30.3 Å². The molecule has 2 aromatic rings. The highest BCUT2D eigenvalue weighted by Gasteiger charge is 2.35. The molecule has 0 radical (unpaired) electrons. The van der Waals surface area contributed by atoms with Crippen LogP contribution in [0.3, 0.4) is 0 Å². The van der Waals surface area contributed by atoms with Gasteiger partial charge in [0.2, 0.25) is 0 Å². The lowest BCUT2D eigenvalue weighted by Gasteiger charge is -2.09. The second-order valence-electron chi connectivity index (χ2n) is 5.12. The van der Waals surface area contributed by atoms with Crippen LogP contribution < -0.4 is 4.74 Å². The number of benzene rings is 2. The van der Waals surface area contributed by atoms with Crippen molar-refractivity contribution < 1.29 is 19.1 Å². The molecule has 0 unspecified atom stereocenters. The van der Waals surface area contributed by atoms with Gasteiger partial charge in [0, 0.05) is 11.6 Å². The lowest BCUT2D eigenvalue weighted by molar-refractivity contribution is 0.0671. The van der Waals surface area contributed by atoms with Gasteiger partial charge in [-0.05, 0) is 36.4 Å². The average molecular weight is 342 g/mol. The van der Waals surface area contributed by atoms with E-state index in [0.717, 1.165) is 4.90 Å². The molecule has 0 N–H and O–H groups in total. The van der Waals surface area contributed by atoms with Gasteiger partial charge >= 0.3 is 5.97 Å². The van der Waals surface area contributed by atoms with E-state index in [1.807, 2.05) is 0 Å². The van der Waals surface area contributed by atoms with Crippen molar-refractivity contribution in [1.82, 2.24) is 4.90 Å². The molecule has 120 valence electrons. The van der Waals surface area contributed by atoms with Gasteiger partial charge in [0.1, 0.15) is 5.75 Å². The number of halogens is 1. The summed E-state index contributed by atoms with van der Waals surface area (Å²) in [6.45, 7) is 3.64. The Balaban J connectivity index is 1.87. The number of carbonyl (C=O) groups excluding carboxylic acids is 3. The summed E-state index contributed by atoms with van der Waals surface area (Å²) in [4.78, 5) is 37.7. The fourth-order valence-electron chi connectivity index (χ4n) is 2.41. The molecule has 1 heterocycles. The smallest absolute Gasteiger partial charge is 0.343 e. The molecule has 0 aromatic heterocycles. The summed E-state index contributed by atoms with van der Waals surface area (Å²) in [6, 6.07) is 10.7. The molecule has 0 atom stereocenters. The number of esters is 1. The second-order valence-corrected chi connectivity index (χ2v) is 5.55. The lowest BCUT2D eigenvalue weighted by Crippen LogP contribution is -2.29. The molecule has 5 nitrogen and oxygen atoms in total. The van der Waals surface area contributed by atoms with Gasteiger partial charge in [-0.2, -0.15) is 0 Å². The molecule has 1 aliphatic heterocycles. The standard InChI is InChI=1S/C18H12ClNO4/c1-2-8-20-16(21)14-7-6-11(9-15(14)17(20)22)18(23)24-13-5-3-4-12(19)10-13/h2-7,9-10H,1,8H2. The highest BCUT2D eigenvalue weighted by atomic mass is 35.5. The van der Waals surface area contributed by atoms with Crippen molar-refractivity contribution >= 4 is 29.4 Å². The number of rotatable bonds is 4. The molecule has 2 amide bonds. The van der Waals surface area contributed by atoms with Crippen LogP contribution in [0.5, 0.6) is 5.75 Å². The summed E-state index contributed by atoms with van der Waals surface area (Å²) in [5.74, 6) is -1.19. The zero-order valence-electron chi connectivity index (χ0n) is 12.5. The maximum absolute atomic E-state index is 12.3. The molecule has 0 saturated heterocycles. The molecule has 6 heteroatoms. The number of amides is 2. The van der Waals surface area contributed by atoms with E-state index in [9.17, 15) is 14.4 Å². The largest absolute Gasteiger partial charge is 0.423 e. The molecule has 1 aliphatic rings. The molecule has 3 rings (SSSR count). The van der Waals surface area contributed by atoms with E-state index < -0.39 is 17.8 Å². The van der Waals surface area contributed by atoms with Crippen molar-refractivity contribution in [3.8, 4) is 5.75 Å². The third-order valence-electron chi connectivity index (χ3n) is 3.52. The number of imide groups is 1. The fourth-order valence-corrected chi connectivity index (χ4v) is 2.59. The number of hydrogen-bond donors (Lipinski definition) is 0. The number of nitrogens with zero attached hydrogens (tertiary/aromatic N) is 1. The van der Waals surface area contributed by atoms with Crippen LogP contribution in [0, 0.1) is 0 Å². The van der Waals surface area contributed by atoms with Crippen molar-refractivity contribution in [3.05, 3.63) is 76.8 Å². The van der Waals surface area contributed by atoms with E-state index in [4.69, 9.17) is 16.3 Å². The Morgan fingerprint density at radius 3 is 2.58 bits per heavy atom. The van der Waals surface area contributed by atoms with E-state index in [0.29, 0.717) is 10.8 Å². The predicted octanol–water partition coefficient (Wildman–Crippen LogP) is 3.34. The van der Waals surface area contributed by atoms with Crippen molar-refractivity contribution in [2.24, 2.45) is 0 Å². The van der Waals surface area contributed by atoms with Crippen LogP contribution in [0.1, 0.15) is 31.1 Å². The van der Waals surface area contributed by atoms with Gasteiger partial charge in [-0.3, -0.25) is 14.5 Å². The third kappa shape index (κ3) is 2.81. The minimum absolute atomic E-state index is 0.120. The lowest BCUT2D eigenvalue weighted by atomic mass is 10.1. The minimum Gasteiger partial charge on any atom is -0.423 e. The zero-order valence-corrected chi connectivity index (χ0v) is 13.2. The maximum Gasteiger partial charge on any atom is 0.343 e. The van der Waals surface area contributed by atoms with E-state index >= 15 is 0 Å². The molecule has 0 aliphatic carbocycles. The monoisotopic (exact) mass is 341 g/mol. The van der Waals surface area contributed by atoms with Gasteiger partial charge in [-0.1, -0.05) is 23.7 Å². The van der Waals surface area contributed by atoms with Gasteiger partial charge in [0.15, 0.2) is 0 Å². The van der Waals surface area contributed by atoms with Gasteiger partial charge in [0.25, 0.3) is 11.8 Å². The van der Waals surface area contributed by atoms with E-state index in [2.05, 4.69) is 6.58 Å². The molecular weight excluding hydrogens is 330 g/mol. The Morgan fingerprint density at radius 1 is 1.12 bits per heavy atom. The molecule has 0 fully saturated rings. The molecule has 24 heavy (non-hydrogen) atoms. The van der Waals surface area contributed by atoms with Crippen LogP contribution in [0.15, 0.2) is 55.1 Å². The quantitative estimate of drug-likeness (QED) is 0.370. The summed E-state index contributed by atoms with van der Waals surface area (Å²) < 4.78 is 5.23. The zero-order chi connectivity index (χ0) is 17.3. The molecular formula is C18H12ClNO4. The summed E-state index contributed by atoms with van der Waals surface area (Å²) >= 11 is 5.84. The number of ether oxygens (including phenoxy) is 1. The first kappa shape index (κ1) is 16.0. The van der Waals surface area contributed by atoms with Gasteiger partial charge in [-0.25, -0.2) is 4.79 Å². The van der Waals surface area contributed by atoms with Crippen molar-refractivity contribution in [2.45, 2.75) is 0 Å². The molecule has 0 bridgehead atoms. The topological polar surface area (TPSA) is 63.7 Å². The Labute approximate surface area is 143 Å². The van der Waals surface area contributed by atoms with Crippen LogP contribution in [-0.2, 0) is 0 Å². The van der Waals surface area contributed by atoms with Gasteiger partial charge < -0.3 is 4.74 Å². The predicted molar refractivity (Wildman–Crippen MR) is 88.4 cm³/mol.